The van der Waals surface area contributed by atoms with E-state index in [2.05, 4.69) is 15.6 Å². The molecule has 2 heterocycles. The highest BCUT2D eigenvalue weighted by molar-refractivity contribution is 7.14. The molecule has 0 spiro atoms. The van der Waals surface area contributed by atoms with Gasteiger partial charge in [-0.2, -0.15) is 0 Å². The van der Waals surface area contributed by atoms with Crippen molar-refractivity contribution < 1.29 is 19.1 Å². The van der Waals surface area contributed by atoms with Crippen LogP contribution in [0.5, 0.6) is 11.5 Å². The lowest BCUT2D eigenvalue weighted by Gasteiger charge is -2.05. The van der Waals surface area contributed by atoms with Crippen LogP contribution in [0.3, 0.4) is 0 Å². The Morgan fingerprint density at radius 3 is 2.72 bits per heavy atom. The quantitative estimate of drug-likeness (QED) is 0.652. The van der Waals surface area contributed by atoms with Gasteiger partial charge in [0.15, 0.2) is 16.6 Å². The second-order valence-electron chi connectivity index (χ2n) is 6.61. The highest BCUT2D eigenvalue weighted by Crippen LogP contribution is 2.32. The molecule has 4 rings (SSSR count). The average Bonchev–Trinajstić information content (AvgIpc) is 3.36. The highest BCUT2D eigenvalue weighted by atomic mass is 32.1. The van der Waals surface area contributed by atoms with Gasteiger partial charge >= 0.3 is 0 Å². The summed E-state index contributed by atoms with van der Waals surface area (Å²) in [5.41, 5.74) is 3.27. The number of carbonyl (C=O) groups is 2. The van der Waals surface area contributed by atoms with Crippen LogP contribution in [-0.2, 0) is 17.8 Å². The van der Waals surface area contributed by atoms with Crippen LogP contribution in [0.2, 0.25) is 0 Å². The van der Waals surface area contributed by atoms with Gasteiger partial charge in [-0.3, -0.25) is 14.9 Å². The molecule has 29 heavy (non-hydrogen) atoms. The molecule has 0 fully saturated rings. The van der Waals surface area contributed by atoms with E-state index in [1.54, 1.807) is 23.6 Å². The van der Waals surface area contributed by atoms with Crippen LogP contribution in [0.25, 0.3) is 0 Å². The third-order valence-corrected chi connectivity index (χ3v) is 5.17. The zero-order valence-corrected chi connectivity index (χ0v) is 16.5. The lowest BCUT2D eigenvalue weighted by Crippen LogP contribution is -2.24. The van der Waals surface area contributed by atoms with E-state index in [0.717, 1.165) is 5.56 Å². The number of fused-ring (bicyclic) bond motifs is 1. The van der Waals surface area contributed by atoms with Gasteiger partial charge in [-0.15, -0.1) is 11.3 Å². The van der Waals surface area contributed by atoms with Crippen molar-refractivity contribution in [1.29, 1.82) is 0 Å². The molecule has 0 bridgehead atoms. The third-order valence-electron chi connectivity index (χ3n) is 4.36. The van der Waals surface area contributed by atoms with Crippen molar-refractivity contribution >= 4 is 28.3 Å². The monoisotopic (exact) mass is 409 g/mol. The van der Waals surface area contributed by atoms with E-state index in [1.807, 2.05) is 31.2 Å². The summed E-state index contributed by atoms with van der Waals surface area (Å²) in [4.78, 5) is 28.9. The lowest BCUT2D eigenvalue weighted by atomic mass is 10.1. The summed E-state index contributed by atoms with van der Waals surface area (Å²) in [7, 11) is 0. The molecule has 2 N–H and O–H groups in total. The Morgan fingerprint density at radius 1 is 1.10 bits per heavy atom. The standard InChI is InChI=1S/C21H19N3O4S/c1-13-2-4-14(5-3-13)10-22-19(25)9-16-11-29-21(23-16)24-20(26)15-6-7-17-18(8-15)28-12-27-17/h2-8,11H,9-10,12H2,1H3,(H,22,25)(H,23,24,26). The number of aryl methyl sites for hydroxylation is 1. The van der Waals surface area contributed by atoms with Gasteiger partial charge in [0.05, 0.1) is 12.1 Å². The number of hydrogen-bond acceptors (Lipinski definition) is 6. The zero-order chi connectivity index (χ0) is 20.2. The normalized spacial score (nSPS) is 11.9. The summed E-state index contributed by atoms with van der Waals surface area (Å²) >= 11 is 1.28. The highest BCUT2D eigenvalue weighted by Gasteiger charge is 2.17. The molecule has 1 aliphatic heterocycles. The number of aromatic nitrogens is 1. The summed E-state index contributed by atoms with van der Waals surface area (Å²) in [6, 6.07) is 13.0. The summed E-state index contributed by atoms with van der Waals surface area (Å²) in [6.07, 6.45) is 0.155. The van der Waals surface area contributed by atoms with Crippen molar-refractivity contribution in [2.45, 2.75) is 19.9 Å². The van der Waals surface area contributed by atoms with Gasteiger partial charge in [-0.25, -0.2) is 4.98 Å². The fraction of sp³-hybridized carbons (Fsp3) is 0.190. The molecule has 0 atom stereocenters. The number of nitrogens with zero attached hydrogens (tertiary/aromatic N) is 1. The molecular formula is C21H19N3O4S. The lowest BCUT2D eigenvalue weighted by molar-refractivity contribution is -0.120. The molecule has 1 aromatic heterocycles. The smallest absolute Gasteiger partial charge is 0.257 e. The molecule has 3 aromatic rings. The van der Waals surface area contributed by atoms with E-state index >= 15 is 0 Å². The number of carbonyl (C=O) groups excluding carboxylic acids is 2. The topological polar surface area (TPSA) is 89.6 Å². The van der Waals surface area contributed by atoms with Crippen molar-refractivity contribution in [3.05, 3.63) is 70.2 Å². The summed E-state index contributed by atoms with van der Waals surface area (Å²) in [5, 5.41) is 7.83. The molecule has 2 amide bonds. The first-order valence-electron chi connectivity index (χ1n) is 9.04. The molecular weight excluding hydrogens is 390 g/mol. The Labute approximate surface area is 171 Å². The maximum atomic E-state index is 12.4. The Kier molecular flexibility index (Phi) is 5.44. The molecule has 0 radical (unpaired) electrons. The number of benzene rings is 2. The first-order chi connectivity index (χ1) is 14.1. The number of nitrogens with one attached hydrogen (secondary N) is 2. The van der Waals surface area contributed by atoms with Gasteiger partial charge in [0.2, 0.25) is 12.7 Å². The molecule has 148 valence electrons. The van der Waals surface area contributed by atoms with Gasteiger partial charge < -0.3 is 14.8 Å². The van der Waals surface area contributed by atoms with Gasteiger partial charge in [-0.1, -0.05) is 29.8 Å². The van der Waals surface area contributed by atoms with Gasteiger partial charge in [-0.05, 0) is 30.7 Å². The van der Waals surface area contributed by atoms with E-state index in [9.17, 15) is 9.59 Å². The Bertz CT molecular complexity index is 1050. The number of ether oxygens (including phenoxy) is 2. The molecule has 0 saturated carbocycles. The largest absolute Gasteiger partial charge is 0.454 e. The van der Waals surface area contributed by atoms with E-state index in [1.165, 1.54) is 16.9 Å². The van der Waals surface area contributed by atoms with Crippen LogP contribution in [0, 0.1) is 6.92 Å². The molecule has 0 unspecified atom stereocenters. The summed E-state index contributed by atoms with van der Waals surface area (Å²) in [5.74, 6) is 0.745. The molecule has 2 aromatic carbocycles. The summed E-state index contributed by atoms with van der Waals surface area (Å²) in [6.45, 7) is 2.65. The van der Waals surface area contributed by atoms with E-state index in [0.29, 0.717) is 34.4 Å². The van der Waals surface area contributed by atoms with Gasteiger partial charge in [0.1, 0.15) is 0 Å². The minimum atomic E-state index is -0.298. The predicted octanol–water partition coefficient (Wildman–Crippen LogP) is 3.29. The Morgan fingerprint density at radius 2 is 1.90 bits per heavy atom. The molecule has 0 saturated heterocycles. The van der Waals surface area contributed by atoms with Gasteiger partial charge in [0, 0.05) is 17.5 Å². The number of thiazole rings is 1. The van der Waals surface area contributed by atoms with Crippen molar-refractivity contribution in [1.82, 2.24) is 10.3 Å². The van der Waals surface area contributed by atoms with Crippen LogP contribution in [0.4, 0.5) is 5.13 Å². The minimum absolute atomic E-state index is 0.121. The Hall–Kier alpha value is -3.39. The number of anilines is 1. The van der Waals surface area contributed by atoms with Crippen molar-refractivity contribution in [3.63, 3.8) is 0 Å². The van der Waals surface area contributed by atoms with E-state index in [4.69, 9.17) is 9.47 Å². The zero-order valence-electron chi connectivity index (χ0n) is 15.7. The van der Waals surface area contributed by atoms with Gasteiger partial charge in [0.25, 0.3) is 5.91 Å². The Balaban J connectivity index is 1.30. The first kappa shape index (κ1) is 18.9. The second-order valence-corrected chi connectivity index (χ2v) is 7.46. The van der Waals surface area contributed by atoms with Crippen LogP contribution in [0.15, 0.2) is 47.8 Å². The van der Waals surface area contributed by atoms with Crippen molar-refractivity contribution in [3.8, 4) is 11.5 Å². The fourth-order valence-corrected chi connectivity index (χ4v) is 3.49. The molecule has 0 aliphatic carbocycles. The van der Waals surface area contributed by atoms with Crippen LogP contribution >= 0.6 is 11.3 Å². The average molecular weight is 409 g/mol. The first-order valence-corrected chi connectivity index (χ1v) is 9.92. The maximum Gasteiger partial charge on any atom is 0.257 e. The fourth-order valence-electron chi connectivity index (χ4n) is 2.79. The molecule has 7 nitrogen and oxygen atoms in total. The molecule has 8 heteroatoms. The number of amides is 2. The number of rotatable bonds is 6. The van der Waals surface area contributed by atoms with E-state index < -0.39 is 0 Å². The van der Waals surface area contributed by atoms with Crippen molar-refractivity contribution in [2.24, 2.45) is 0 Å². The third kappa shape index (κ3) is 4.72. The maximum absolute atomic E-state index is 12.4. The number of hydrogen-bond donors (Lipinski definition) is 2. The molecule has 1 aliphatic rings. The predicted molar refractivity (Wildman–Crippen MR) is 109 cm³/mol. The summed E-state index contributed by atoms with van der Waals surface area (Å²) < 4.78 is 10.5. The van der Waals surface area contributed by atoms with Crippen LogP contribution < -0.4 is 20.1 Å². The van der Waals surface area contributed by atoms with Crippen LogP contribution in [-0.4, -0.2) is 23.6 Å². The minimum Gasteiger partial charge on any atom is -0.454 e. The van der Waals surface area contributed by atoms with Crippen LogP contribution in [0.1, 0.15) is 27.2 Å². The van der Waals surface area contributed by atoms with Crippen molar-refractivity contribution in [2.75, 3.05) is 12.1 Å². The SMILES string of the molecule is Cc1ccc(CNC(=O)Cc2csc(NC(=O)c3ccc4c(c3)OCO4)n2)cc1. The second kappa shape index (κ2) is 8.32. The van der Waals surface area contributed by atoms with E-state index in [-0.39, 0.29) is 25.0 Å².